The molecule has 0 spiro atoms. The van der Waals surface area contributed by atoms with Gasteiger partial charge in [0.25, 0.3) is 5.91 Å². The molecule has 2 aromatic rings. The van der Waals surface area contributed by atoms with E-state index in [1.54, 1.807) is 30.1 Å². The van der Waals surface area contributed by atoms with E-state index in [0.717, 1.165) is 17.5 Å². The molecule has 0 bridgehead atoms. The van der Waals surface area contributed by atoms with Gasteiger partial charge in [0.2, 0.25) is 0 Å². The van der Waals surface area contributed by atoms with Gasteiger partial charge in [0.1, 0.15) is 12.4 Å². The first-order chi connectivity index (χ1) is 11.1. The van der Waals surface area contributed by atoms with Crippen LogP contribution in [-0.2, 0) is 13.0 Å². The van der Waals surface area contributed by atoms with Gasteiger partial charge in [0.05, 0.1) is 11.6 Å². The number of likely N-dealkylation sites (N-methyl/N-ethyl adjacent to an activating group) is 1. The Balaban J connectivity index is 1.82. The molecule has 0 fully saturated rings. The Morgan fingerprint density at radius 1 is 1.35 bits per heavy atom. The topological polar surface area (TPSA) is 53.3 Å². The molecule has 0 unspecified atom stereocenters. The van der Waals surface area contributed by atoms with Gasteiger partial charge in [0.15, 0.2) is 0 Å². The number of rotatable bonds is 3. The molecule has 23 heavy (non-hydrogen) atoms. The van der Waals surface area contributed by atoms with E-state index in [9.17, 15) is 4.79 Å². The molecule has 0 atom stereocenters. The maximum Gasteiger partial charge on any atom is 0.254 e. The SMILES string of the molecule is CN1CCc2c(OCc3ccc(C#N)cc3Cl)cccc2C1=O. The van der Waals surface area contributed by atoms with Crippen LogP contribution in [0.4, 0.5) is 0 Å². The third-order valence-corrected chi connectivity index (χ3v) is 4.32. The number of amides is 1. The van der Waals surface area contributed by atoms with Crippen LogP contribution in [0.3, 0.4) is 0 Å². The highest BCUT2D eigenvalue weighted by atomic mass is 35.5. The van der Waals surface area contributed by atoms with Crippen molar-refractivity contribution in [3.05, 3.63) is 63.7 Å². The molecule has 1 aliphatic rings. The van der Waals surface area contributed by atoms with E-state index < -0.39 is 0 Å². The smallest absolute Gasteiger partial charge is 0.254 e. The number of carbonyl (C=O) groups is 1. The Hall–Kier alpha value is -2.51. The number of hydrogen-bond donors (Lipinski definition) is 0. The lowest BCUT2D eigenvalue weighted by Gasteiger charge is -2.26. The number of hydrogen-bond acceptors (Lipinski definition) is 3. The zero-order valence-corrected chi connectivity index (χ0v) is 13.4. The zero-order valence-electron chi connectivity index (χ0n) is 12.7. The highest BCUT2D eigenvalue weighted by molar-refractivity contribution is 6.31. The molecule has 1 amide bonds. The Bertz CT molecular complexity index is 811. The lowest BCUT2D eigenvalue weighted by Crippen LogP contribution is -2.34. The molecule has 0 aliphatic carbocycles. The molecule has 116 valence electrons. The van der Waals surface area contributed by atoms with Crippen LogP contribution in [0.15, 0.2) is 36.4 Å². The molecule has 1 heterocycles. The van der Waals surface area contributed by atoms with Crippen molar-refractivity contribution in [3.8, 4) is 11.8 Å². The summed E-state index contributed by atoms with van der Waals surface area (Å²) in [5.74, 6) is 0.734. The normalized spacial score (nSPS) is 13.4. The second kappa shape index (κ2) is 6.31. The van der Waals surface area contributed by atoms with Crippen molar-refractivity contribution >= 4 is 17.5 Å². The average Bonchev–Trinajstić information content (AvgIpc) is 2.57. The Kier molecular flexibility index (Phi) is 4.22. The summed E-state index contributed by atoms with van der Waals surface area (Å²) < 4.78 is 5.89. The third kappa shape index (κ3) is 3.01. The van der Waals surface area contributed by atoms with Gasteiger partial charge in [0, 0.05) is 35.3 Å². The van der Waals surface area contributed by atoms with E-state index >= 15 is 0 Å². The summed E-state index contributed by atoms with van der Waals surface area (Å²) >= 11 is 6.17. The van der Waals surface area contributed by atoms with Gasteiger partial charge in [-0.1, -0.05) is 23.7 Å². The molecular formula is C18H15ClN2O2. The number of benzene rings is 2. The number of fused-ring (bicyclic) bond motifs is 1. The number of halogens is 1. The molecule has 1 aliphatic heterocycles. The number of nitrogens with zero attached hydrogens (tertiary/aromatic N) is 2. The summed E-state index contributed by atoms with van der Waals surface area (Å²) in [5.41, 5.74) is 2.97. The van der Waals surface area contributed by atoms with Gasteiger partial charge >= 0.3 is 0 Å². The van der Waals surface area contributed by atoms with E-state index in [0.29, 0.717) is 35.1 Å². The number of carbonyl (C=O) groups excluding carboxylic acids is 1. The fraction of sp³-hybridized carbons (Fsp3) is 0.222. The van der Waals surface area contributed by atoms with Crippen LogP contribution in [0, 0.1) is 11.3 Å². The van der Waals surface area contributed by atoms with Gasteiger partial charge in [-0.15, -0.1) is 0 Å². The summed E-state index contributed by atoms with van der Waals surface area (Å²) in [4.78, 5) is 13.9. The summed E-state index contributed by atoms with van der Waals surface area (Å²) in [7, 11) is 1.80. The summed E-state index contributed by atoms with van der Waals surface area (Å²) in [5, 5.41) is 9.37. The Morgan fingerprint density at radius 2 is 2.17 bits per heavy atom. The van der Waals surface area contributed by atoms with Crippen molar-refractivity contribution < 1.29 is 9.53 Å². The lowest BCUT2D eigenvalue weighted by atomic mass is 9.98. The maximum absolute atomic E-state index is 12.2. The van der Waals surface area contributed by atoms with Crippen molar-refractivity contribution in [2.45, 2.75) is 13.0 Å². The van der Waals surface area contributed by atoms with Crippen LogP contribution >= 0.6 is 11.6 Å². The van der Waals surface area contributed by atoms with Crippen LogP contribution in [0.5, 0.6) is 5.75 Å². The van der Waals surface area contributed by atoms with Gasteiger partial charge in [-0.3, -0.25) is 4.79 Å². The Labute approximate surface area is 139 Å². The first-order valence-corrected chi connectivity index (χ1v) is 7.66. The maximum atomic E-state index is 12.2. The van der Waals surface area contributed by atoms with Crippen molar-refractivity contribution in [1.82, 2.24) is 4.90 Å². The fourth-order valence-corrected chi connectivity index (χ4v) is 2.87. The molecule has 0 aromatic heterocycles. The largest absolute Gasteiger partial charge is 0.489 e. The molecule has 3 rings (SSSR count). The molecule has 4 nitrogen and oxygen atoms in total. The van der Waals surface area contributed by atoms with Gasteiger partial charge in [-0.05, 0) is 30.7 Å². The van der Waals surface area contributed by atoms with E-state index in [4.69, 9.17) is 21.6 Å². The van der Waals surface area contributed by atoms with Crippen LogP contribution < -0.4 is 4.74 Å². The Morgan fingerprint density at radius 3 is 2.91 bits per heavy atom. The van der Waals surface area contributed by atoms with Gasteiger partial charge in [-0.25, -0.2) is 0 Å². The van der Waals surface area contributed by atoms with Gasteiger partial charge in [-0.2, -0.15) is 5.26 Å². The molecule has 0 N–H and O–H groups in total. The highest BCUT2D eigenvalue weighted by Gasteiger charge is 2.24. The van der Waals surface area contributed by atoms with Crippen molar-refractivity contribution in [2.75, 3.05) is 13.6 Å². The lowest BCUT2D eigenvalue weighted by molar-refractivity contribution is 0.0779. The van der Waals surface area contributed by atoms with Crippen LogP contribution in [-0.4, -0.2) is 24.4 Å². The van der Waals surface area contributed by atoms with E-state index in [1.807, 2.05) is 18.2 Å². The summed E-state index contributed by atoms with van der Waals surface area (Å²) in [6.07, 6.45) is 0.773. The number of ether oxygens (including phenoxy) is 1. The predicted octanol–water partition coefficient (Wildman–Crippen LogP) is 3.42. The van der Waals surface area contributed by atoms with E-state index in [-0.39, 0.29) is 5.91 Å². The van der Waals surface area contributed by atoms with E-state index in [1.165, 1.54) is 0 Å². The highest BCUT2D eigenvalue weighted by Crippen LogP contribution is 2.29. The first kappa shape index (κ1) is 15.4. The molecule has 0 radical (unpaired) electrons. The van der Waals surface area contributed by atoms with Crippen molar-refractivity contribution in [2.24, 2.45) is 0 Å². The fourth-order valence-electron chi connectivity index (χ4n) is 2.64. The van der Waals surface area contributed by atoms with E-state index in [2.05, 4.69) is 6.07 Å². The standard InChI is InChI=1S/C18H15ClN2O2/c1-21-8-7-14-15(18(21)22)3-2-4-17(14)23-11-13-6-5-12(10-20)9-16(13)19/h2-6,9H,7-8,11H2,1H3. The van der Waals surface area contributed by atoms with Crippen LogP contribution in [0.1, 0.15) is 27.0 Å². The molecular weight excluding hydrogens is 312 g/mol. The monoisotopic (exact) mass is 326 g/mol. The minimum Gasteiger partial charge on any atom is -0.489 e. The minimum atomic E-state index is 0.0214. The summed E-state index contributed by atoms with van der Waals surface area (Å²) in [6.45, 7) is 0.981. The average molecular weight is 327 g/mol. The first-order valence-electron chi connectivity index (χ1n) is 7.29. The quantitative estimate of drug-likeness (QED) is 0.868. The zero-order chi connectivity index (χ0) is 16.4. The van der Waals surface area contributed by atoms with Crippen molar-refractivity contribution in [1.29, 1.82) is 5.26 Å². The van der Waals surface area contributed by atoms with Crippen molar-refractivity contribution in [3.63, 3.8) is 0 Å². The molecule has 2 aromatic carbocycles. The molecule has 0 saturated carbocycles. The summed E-state index contributed by atoms with van der Waals surface area (Å²) in [6, 6.07) is 12.7. The van der Waals surface area contributed by atoms with Crippen LogP contribution in [0.2, 0.25) is 5.02 Å². The van der Waals surface area contributed by atoms with Crippen LogP contribution in [0.25, 0.3) is 0 Å². The van der Waals surface area contributed by atoms with Gasteiger partial charge < -0.3 is 9.64 Å². The minimum absolute atomic E-state index is 0.0214. The second-order valence-corrected chi connectivity index (χ2v) is 5.87. The molecule has 0 saturated heterocycles. The second-order valence-electron chi connectivity index (χ2n) is 5.47. The number of nitriles is 1. The predicted molar refractivity (Wildman–Crippen MR) is 87.6 cm³/mol. The molecule has 5 heteroatoms. The third-order valence-electron chi connectivity index (χ3n) is 3.97.